The summed E-state index contributed by atoms with van der Waals surface area (Å²) in [6.45, 7) is 5.34. The van der Waals surface area contributed by atoms with Crippen molar-refractivity contribution in [2.75, 3.05) is 25.2 Å². The van der Waals surface area contributed by atoms with Crippen LogP contribution in [0.25, 0.3) is 10.2 Å². The molecule has 33 heavy (non-hydrogen) atoms. The van der Waals surface area contributed by atoms with Gasteiger partial charge in [-0.15, -0.1) is 12.4 Å². The number of ether oxygens (including phenoxy) is 2. The molecule has 2 aromatic carbocycles. The van der Waals surface area contributed by atoms with E-state index in [1.165, 1.54) is 16.9 Å². The van der Waals surface area contributed by atoms with Crippen molar-refractivity contribution in [2.45, 2.75) is 26.8 Å². The van der Waals surface area contributed by atoms with Gasteiger partial charge in [0.2, 0.25) is 0 Å². The summed E-state index contributed by atoms with van der Waals surface area (Å²) in [5, 5.41) is 0.688. The number of methoxy groups -OCH3 is 1. The average Bonchev–Trinajstić information content (AvgIpc) is 3.48. The molecule has 0 radical (unpaired) electrons. The number of para-hydroxylation sites is 2. The largest absolute Gasteiger partial charge is 0.493 e. The van der Waals surface area contributed by atoms with E-state index >= 15 is 0 Å². The van der Waals surface area contributed by atoms with Crippen molar-refractivity contribution >= 4 is 45.0 Å². The Bertz CT molecular complexity index is 1210. The van der Waals surface area contributed by atoms with E-state index in [0.717, 1.165) is 28.7 Å². The maximum absolute atomic E-state index is 13.2. The number of fused-ring (bicyclic) bond motifs is 1. The summed E-state index contributed by atoms with van der Waals surface area (Å²) in [4.78, 5) is 23.9. The van der Waals surface area contributed by atoms with Crippen LogP contribution in [0.5, 0.6) is 11.5 Å². The lowest BCUT2D eigenvalue weighted by molar-refractivity contribution is -0.120. The number of benzene rings is 2. The lowest BCUT2D eigenvalue weighted by Crippen LogP contribution is -2.36. The summed E-state index contributed by atoms with van der Waals surface area (Å²) in [6, 6.07) is 11.5. The van der Waals surface area contributed by atoms with Crippen molar-refractivity contribution in [3.05, 3.63) is 66.2 Å². The standard InChI is InChI=1S/C24H26N4O3S.ClH/c1-17-9-10-21-23(18(17)2)26-24(32-21)28(13-6-12-27-14-11-25-16-27)22(29)15-31-20-8-5-4-7-19(20)30-3;/h4-5,7-11,14,16H,6,12-13,15H2,1-3H3;1H. The summed E-state index contributed by atoms with van der Waals surface area (Å²) in [5.41, 5.74) is 3.27. The molecule has 9 heteroatoms. The third-order valence-electron chi connectivity index (χ3n) is 5.38. The normalized spacial score (nSPS) is 10.6. The van der Waals surface area contributed by atoms with E-state index < -0.39 is 0 Å². The number of rotatable bonds is 9. The van der Waals surface area contributed by atoms with Gasteiger partial charge in [0, 0.05) is 25.5 Å². The van der Waals surface area contributed by atoms with Gasteiger partial charge < -0.3 is 14.0 Å². The molecule has 0 fully saturated rings. The molecule has 4 rings (SSSR count). The van der Waals surface area contributed by atoms with Gasteiger partial charge >= 0.3 is 0 Å². The zero-order valence-electron chi connectivity index (χ0n) is 18.9. The number of thiazole rings is 1. The number of carbonyl (C=O) groups excluding carboxylic acids is 1. The van der Waals surface area contributed by atoms with Gasteiger partial charge in [0.05, 0.1) is 23.7 Å². The van der Waals surface area contributed by atoms with Gasteiger partial charge in [-0.25, -0.2) is 9.97 Å². The van der Waals surface area contributed by atoms with E-state index in [1.54, 1.807) is 36.7 Å². The van der Waals surface area contributed by atoms with Crippen LogP contribution < -0.4 is 14.4 Å². The number of aryl methyl sites for hydroxylation is 3. The summed E-state index contributed by atoms with van der Waals surface area (Å²) in [6.07, 6.45) is 6.22. The minimum Gasteiger partial charge on any atom is -0.493 e. The van der Waals surface area contributed by atoms with Crippen LogP contribution in [-0.2, 0) is 11.3 Å². The first-order valence-corrected chi connectivity index (χ1v) is 11.3. The molecule has 0 bridgehead atoms. The molecule has 0 aliphatic heterocycles. The van der Waals surface area contributed by atoms with Crippen LogP contribution >= 0.6 is 23.7 Å². The summed E-state index contributed by atoms with van der Waals surface area (Å²) >= 11 is 1.53. The highest BCUT2D eigenvalue weighted by molar-refractivity contribution is 7.22. The zero-order chi connectivity index (χ0) is 22.5. The number of aromatic nitrogens is 3. The second-order valence-corrected chi connectivity index (χ2v) is 8.50. The molecular formula is C24H27ClN4O3S. The average molecular weight is 487 g/mol. The fourth-order valence-electron chi connectivity index (χ4n) is 3.44. The number of anilines is 1. The Balaban J connectivity index is 0.00000306. The third-order valence-corrected chi connectivity index (χ3v) is 6.43. The lowest BCUT2D eigenvalue weighted by atomic mass is 10.1. The molecule has 2 heterocycles. The molecule has 0 spiro atoms. The molecule has 2 aromatic heterocycles. The molecular weight excluding hydrogens is 460 g/mol. The van der Waals surface area contributed by atoms with Crippen LogP contribution in [0.4, 0.5) is 5.13 Å². The van der Waals surface area contributed by atoms with E-state index in [-0.39, 0.29) is 24.9 Å². The van der Waals surface area contributed by atoms with Crippen LogP contribution in [0.3, 0.4) is 0 Å². The predicted molar refractivity (Wildman–Crippen MR) is 134 cm³/mol. The van der Waals surface area contributed by atoms with E-state index in [9.17, 15) is 4.79 Å². The Kier molecular flexibility index (Phi) is 8.30. The van der Waals surface area contributed by atoms with Crippen molar-refractivity contribution in [1.82, 2.24) is 14.5 Å². The molecule has 0 aliphatic rings. The Morgan fingerprint density at radius 3 is 2.67 bits per heavy atom. The lowest BCUT2D eigenvalue weighted by Gasteiger charge is -2.20. The quantitative estimate of drug-likeness (QED) is 0.331. The Labute approximate surface area is 203 Å². The van der Waals surface area contributed by atoms with E-state index in [1.807, 2.05) is 22.9 Å². The van der Waals surface area contributed by atoms with Gasteiger partial charge in [0.1, 0.15) is 0 Å². The highest BCUT2D eigenvalue weighted by Gasteiger charge is 2.21. The number of halogens is 1. The fraction of sp³-hybridized carbons (Fsp3) is 0.292. The summed E-state index contributed by atoms with van der Waals surface area (Å²) in [5.74, 6) is 0.991. The second kappa shape index (κ2) is 11.2. The van der Waals surface area contributed by atoms with Crippen LogP contribution in [0.2, 0.25) is 0 Å². The number of imidazole rings is 1. The number of carbonyl (C=O) groups is 1. The minimum atomic E-state index is -0.144. The van der Waals surface area contributed by atoms with E-state index in [0.29, 0.717) is 23.2 Å². The van der Waals surface area contributed by atoms with Crippen LogP contribution in [0, 0.1) is 13.8 Å². The Hall–Kier alpha value is -3.10. The van der Waals surface area contributed by atoms with Crippen molar-refractivity contribution in [3.8, 4) is 11.5 Å². The second-order valence-electron chi connectivity index (χ2n) is 7.49. The monoisotopic (exact) mass is 486 g/mol. The minimum absolute atomic E-state index is 0. The van der Waals surface area contributed by atoms with Crippen LogP contribution in [0.1, 0.15) is 17.5 Å². The van der Waals surface area contributed by atoms with Crippen molar-refractivity contribution < 1.29 is 14.3 Å². The topological polar surface area (TPSA) is 69.5 Å². The van der Waals surface area contributed by atoms with Gasteiger partial charge in [-0.3, -0.25) is 9.69 Å². The molecule has 174 valence electrons. The van der Waals surface area contributed by atoms with Gasteiger partial charge in [0.15, 0.2) is 23.2 Å². The predicted octanol–water partition coefficient (Wildman–Crippen LogP) is 5.04. The van der Waals surface area contributed by atoms with Gasteiger partial charge in [0.25, 0.3) is 5.91 Å². The first-order valence-electron chi connectivity index (χ1n) is 10.5. The van der Waals surface area contributed by atoms with Crippen molar-refractivity contribution in [3.63, 3.8) is 0 Å². The molecule has 0 atom stereocenters. The van der Waals surface area contributed by atoms with Crippen LogP contribution in [0.15, 0.2) is 55.1 Å². The third kappa shape index (κ3) is 5.64. The molecule has 1 amide bonds. The maximum atomic E-state index is 13.2. The Morgan fingerprint density at radius 2 is 1.94 bits per heavy atom. The highest BCUT2D eigenvalue weighted by atomic mass is 35.5. The first-order chi connectivity index (χ1) is 15.6. The Morgan fingerprint density at radius 1 is 1.15 bits per heavy atom. The van der Waals surface area contributed by atoms with Gasteiger partial charge in [-0.1, -0.05) is 29.5 Å². The molecule has 0 unspecified atom stereocenters. The van der Waals surface area contributed by atoms with Crippen molar-refractivity contribution in [2.24, 2.45) is 0 Å². The van der Waals surface area contributed by atoms with E-state index in [4.69, 9.17) is 14.5 Å². The highest BCUT2D eigenvalue weighted by Crippen LogP contribution is 2.32. The molecule has 0 N–H and O–H groups in total. The number of nitrogens with zero attached hydrogens (tertiary/aromatic N) is 4. The smallest absolute Gasteiger partial charge is 0.266 e. The maximum Gasteiger partial charge on any atom is 0.266 e. The first kappa shape index (κ1) is 24.5. The number of hydrogen-bond acceptors (Lipinski definition) is 6. The molecule has 0 saturated heterocycles. The molecule has 0 saturated carbocycles. The summed E-state index contributed by atoms with van der Waals surface area (Å²) < 4.78 is 14.2. The fourth-order valence-corrected chi connectivity index (χ4v) is 4.51. The molecule has 7 nitrogen and oxygen atoms in total. The SMILES string of the molecule is COc1ccccc1OCC(=O)N(CCCn1ccnc1)c1nc2c(C)c(C)ccc2s1.Cl. The zero-order valence-corrected chi connectivity index (χ0v) is 20.5. The van der Waals surface area contributed by atoms with E-state index in [2.05, 4.69) is 31.0 Å². The van der Waals surface area contributed by atoms with Crippen LogP contribution in [-0.4, -0.2) is 40.7 Å². The van der Waals surface area contributed by atoms with Gasteiger partial charge in [-0.2, -0.15) is 0 Å². The van der Waals surface area contributed by atoms with Gasteiger partial charge in [-0.05, 0) is 49.6 Å². The molecule has 4 aromatic rings. The number of amides is 1. The van der Waals surface area contributed by atoms with Crippen molar-refractivity contribution in [1.29, 1.82) is 0 Å². The summed E-state index contributed by atoms with van der Waals surface area (Å²) in [7, 11) is 1.58. The molecule has 0 aliphatic carbocycles. The number of hydrogen-bond donors (Lipinski definition) is 0.